The van der Waals surface area contributed by atoms with Gasteiger partial charge < -0.3 is 4.42 Å². The van der Waals surface area contributed by atoms with Gasteiger partial charge in [-0.2, -0.15) is 5.10 Å². The van der Waals surface area contributed by atoms with Gasteiger partial charge in [0.2, 0.25) is 0 Å². The van der Waals surface area contributed by atoms with Gasteiger partial charge in [0.15, 0.2) is 6.39 Å². The van der Waals surface area contributed by atoms with E-state index in [1.165, 1.54) is 24.6 Å². The van der Waals surface area contributed by atoms with Crippen molar-refractivity contribution in [1.29, 1.82) is 0 Å². The van der Waals surface area contributed by atoms with Crippen molar-refractivity contribution < 1.29 is 13.2 Å². The summed E-state index contributed by atoms with van der Waals surface area (Å²) >= 11 is 0. The van der Waals surface area contributed by atoms with Gasteiger partial charge in [-0.1, -0.05) is 19.9 Å². The maximum atomic E-state index is 14.2. The number of oxazole rings is 1. The summed E-state index contributed by atoms with van der Waals surface area (Å²) < 4.78 is 34.1. The fourth-order valence-corrected chi connectivity index (χ4v) is 5.16. The molecule has 2 aliphatic carbocycles. The molecule has 4 nitrogen and oxygen atoms in total. The van der Waals surface area contributed by atoms with E-state index in [1.807, 2.05) is 0 Å². The summed E-state index contributed by atoms with van der Waals surface area (Å²) in [5.41, 5.74) is 1.41. The number of aromatic nitrogens is 3. The molecular formula is C20H17F2N3O. The molecule has 2 bridgehead atoms. The molecule has 1 saturated carbocycles. The molecule has 1 fully saturated rings. The third-order valence-electron chi connectivity index (χ3n) is 6.45. The SMILES string of the molecule is CC1(C)[C@H]2CC[C@]1(c1cnco1)c1nnc(-c3c(F)cccc3F)cc12. The zero-order valence-electron chi connectivity index (χ0n) is 14.5. The lowest BCUT2D eigenvalue weighted by molar-refractivity contribution is 0.213. The zero-order valence-corrected chi connectivity index (χ0v) is 14.5. The zero-order chi connectivity index (χ0) is 18.1. The van der Waals surface area contributed by atoms with Crippen LogP contribution >= 0.6 is 0 Å². The van der Waals surface area contributed by atoms with E-state index in [2.05, 4.69) is 29.0 Å². The molecule has 2 aliphatic rings. The average Bonchev–Trinajstić information content (AvgIpc) is 3.26. The molecule has 0 aliphatic heterocycles. The molecule has 0 N–H and O–H groups in total. The van der Waals surface area contributed by atoms with Crippen molar-refractivity contribution in [1.82, 2.24) is 15.2 Å². The lowest BCUT2D eigenvalue weighted by atomic mass is 9.67. The molecular weight excluding hydrogens is 336 g/mol. The first-order valence-electron chi connectivity index (χ1n) is 8.68. The molecule has 5 rings (SSSR count). The van der Waals surface area contributed by atoms with Crippen molar-refractivity contribution in [2.24, 2.45) is 5.41 Å². The Hall–Kier alpha value is -2.63. The van der Waals surface area contributed by atoms with E-state index < -0.39 is 17.0 Å². The first kappa shape index (κ1) is 15.6. The largest absolute Gasteiger partial charge is 0.447 e. The Morgan fingerprint density at radius 3 is 2.62 bits per heavy atom. The lowest BCUT2D eigenvalue weighted by Gasteiger charge is -2.35. The quantitative estimate of drug-likeness (QED) is 0.675. The fraction of sp³-hybridized carbons (Fsp3) is 0.350. The van der Waals surface area contributed by atoms with Crippen LogP contribution in [0.1, 0.15) is 49.6 Å². The van der Waals surface area contributed by atoms with Crippen LogP contribution in [-0.2, 0) is 5.41 Å². The van der Waals surface area contributed by atoms with Crippen molar-refractivity contribution >= 4 is 0 Å². The maximum absolute atomic E-state index is 14.2. The number of halogens is 2. The molecule has 2 atom stereocenters. The Balaban J connectivity index is 1.74. The minimum atomic E-state index is -0.633. The summed E-state index contributed by atoms with van der Waals surface area (Å²) in [7, 11) is 0. The molecule has 2 heterocycles. The van der Waals surface area contributed by atoms with Gasteiger partial charge in [0.1, 0.15) is 17.4 Å². The highest BCUT2D eigenvalue weighted by molar-refractivity contribution is 5.63. The number of rotatable bonds is 2. The van der Waals surface area contributed by atoms with Crippen molar-refractivity contribution in [3.63, 3.8) is 0 Å². The Morgan fingerprint density at radius 1 is 1.15 bits per heavy atom. The monoisotopic (exact) mass is 353 g/mol. The van der Waals surface area contributed by atoms with Gasteiger partial charge >= 0.3 is 0 Å². The van der Waals surface area contributed by atoms with Gasteiger partial charge in [-0.05, 0) is 47.9 Å². The molecule has 0 spiro atoms. The van der Waals surface area contributed by atoms with Gasteiger partial charge in [0, 0.05) is 0 Å². The molecule has 3 aromatic rings. The topological polar surface area (TPSA) is 51.8 Å². The predicted octanol–water partition coefficient (Wildman–Crippen LogP) is 4.61. The van der Waals surface area contributed by atoms with Crippen LogP contribution in [0.2, 0.25) is 0 Å². The van der Waals surface area contributed by atoms with Crippen LogP contribution in [0.5, 0.6) is 0 Å². The fourth-order valence-electron chi connectivity index (χ4n) is 5.16. The van der Waals surface area contributed by atoms with E-state index in [1.54, 1.807) is 12.3 Å². The van der Waals surface area contributed by atoms with Crippen molar-refractivity contribution in [3.05, 3.63) is 65.5 Å². The summed E-state index contributed by atoms with van der Waals surface area (Å²) in [6, 6.07) is 5.62. The Bertz CT molecular complexity index is 996. The van der Waals surface area contributed by atoms with Crippen molar-refractivity contribution in [3.8, 4) is 11.3 Å². The third kappa shape index (κ3) is 1.69. The summed E-state index contributed by atoms with van der Waals surface area (Å²) in [6.45, 7) is 4.39. The molecule has 0 unspecified atom stereocenters. The summed E-state index contributed by atoms with van der Waals surface area (Å²) in [5.74, 6) is -0.257. The third-order valence-corrected chi connectivity index (χ3v) is 6.45. The first-order valence-corrected chi connectivity index (χ1v) is 8.68. The van der Waals surface area contributed by atoms with Gasteiger partial charge in [0.25, 0.3) is 0 Å². The van der Waals surface area contributed by atoms with Crippen molar-refractivity contribution in [2.75, 3.05) is 0 Å². The van der Waals surface area contributed by atoms with Crippen LogP contribution in [0, 0.1) is 17.0 Å². The second-order valence-corrected chi connectivity index (χ2v) is 7.71. The minimum absolute atomic E-state index is 0.128. The smallest absolute Gasteiger partial charge is 0.180 e. The lowest BCUT2D eigenvalue weighted by Crippen LogP contribution is -2.36. The molecule has 132 valence electrons. The highest BCUT2D eigenvalue weighted by atomic mass is 19.1. The van der Waals surface area contributed by atoms with Crippen LogP contribution < -0.4 is 0 Å². The molecule has 6 heteroatoms. The highest BCUT2D eigenvalue weighted by Gasteiger charge is 2.65. The van der Waals surface area contributed by atoms with E-state index >= 15 is 0 Å². The van der Waals surface area contributed by atoms with Gasteiger partial charge in [-0.25, -0.2) is 13.8 Å². The molecule has 2 aromatic heterocycles. The van der Waals surface area contributed by atoms with Crippen LogP contribution in [0.25, 0.3) is 11.3 Å². The first-order chi connectivity index (χ1) is 12.5. The van der Waals surface area contributed by atoms with Gasteiger partial charge in [-0.3, -0.25) is 0 Å². The van der Waals surface area contributed by atoms with Crippen LogP contribution in [-0.4, -0.2) is 15.2 Å². The van der Waals surface area contributed by atoms with Crippen LogP contribution in [0.15, 0.2) is 41.3 Å². The molecule has 0 amide bonds. The van der Waals surface area contributed by atoms with E-state index in [4.69, 9.17) is 4.42 Å². The van der Waals surface area contributed by atoms with Gasteiger partial charge in [0.05, 0.1) is 28.6 Å². The summed E-state index contributed by atoms with van der Waals surface area (Å²) in [4.78, 5) is 4.09. The summed E-state index contributed by atoms with van der Waals surface area (Å²) in [5, 5.41) is 8.64. The average molecular weight is 353 g/mol. The molecule has 26 heavy (non-hydrogen) atoms. The maximum Gasteiger partial charge on any atom is 0.180 e. The Morgan fingerprint density at radius 2 is 1.92 bits per heavy atom. The normalized spacial score (nSPS) is 25.5. The Kier molecular flexibility index (Phi) is 2.98. The second-order valence-electron chi connectivity index (χ2n) is 7.71. The van der Waals surface area contributed by atoms with Crippen LogP contribution in [0.4, 0.5) is 8.78 Å². The number of hydrogen-bond donors (Lipinski definition) is 0. The van der Waals surface area contributed by atoms with Gasteiger partial charge in [-0.15, -0.1) is 5.10 Å². The molecule has 0 radical (unpaired) electrons. The molecule has 1 aromatic carbocycles. The minimum Gasteiger partial charge on any atom is -0.447 e. The number of benzene rings is 1. The summed E-state index contributed by atoms with van der Waals surface area (Å²) in [6.07, 6.45) is 5.04. The van der Waals surface area contributed by atoms with E-state index in [-0.39, 0.29) is 22.6 Å². The molecule has 0 saturated heterocycles. The highest BCUT2D eigenvalue weighted by Crippen LogP contribution is 2.69. The predicted molar refractivity (Wildman–Crippen MR) is 90.4 cm³/mol. The van der Waals surface area contributed by atoms with Crippen LogP contribution in [0.3, 0.4) is 0 Å². The van der Waals surface area contributed by atoms with E-state index in [9.17, 15) is 8.78 Å². The number of nitrogens with zero attached hydrogens (tertiary/aromatic N) is 3. The second kappa shape index (κ2) is 4.96. The van der Waals surface area contributed by atoms with E-state index in [0.717, 1.165) is 29.9 Å². The Labute approximate surface area is 149 Å². The van der Waals surface area contributed by atoms with Crippen molar-refractivity contribution in [2.45, 2.75) is 38.0 Å². The van der Waals surface area contributed by atoms with E-state index in [0.29, 0.717) is 0 Å². The standard InChI is InChI=1S/C20H17F2N3O/c1-19(2)12-6-7-20(19,16-9-23-10-26-16)18-11(12)8-15(24-25-18)17-13(21)4-3-5-14(17)22/h3-5,8-10,12H,6-7H2,1-2H3/t12-,20-/m0/s1. The number of hydrogen-bond acceptors (Lipinski definition) is 4. The number of fused-ring (bicyclic) bond motifs is 5.